The number of halogens is 3. The third-order valence-electron chi connectivity index (χ3n) is 5.72. The van der Waals surface area contributed by atoms with Gasteiger partial charge in [0.25, 0.3) is 0 Å². The average Bonchev–Trinajstić information content (AvgIpc) is 2.77. The summed E-state index contributed by atoms with van der Waals surface area (Å²) in [6.07, 6.45) is 7.36. The first-order valence-electron chi connectivity index (χ1n) is 11.0. The number of carbonyl (C=O) groups is 2. The Morgan fingerprint density at radius 3 is 2.12 bits per heavy atom. The molecule has 2 aromatic carbocycles. The Labute approximate surface area is 186 Å². The number of carbonyl (C=O) groups excluding carboxylic acids is 1. The normalized spacial score (nSPS) is 14.3. The Morgan fingerprint density at radius 1 is 0.938 bits per heavy atom. The minimum Gasteiger partial charge on any atom is -0.475 e. The van der Waals surface area contributed by atoms with Crippen LogP contribution in [0.25, 0.3) is 11.1 Å². The molecule has 1 aliphatic rings. The van der Waals surface area contributed by atoms with Crippen molar-refractivity contribution < 1.29 is 27.9 Å². The number of unbranched alkanes of at least 4 members (excludes halogenated alkanes) is 1. The number of aliphatic carboxylic acids is 1. The van der Waals surface area contributed by atoms with Crippen LogP contribution in [-0.4, -0.2) is 23.2 Å². The first kappa shape index (κ1) is 25.4. The zero-order valence-electron chi connectivity index (χ0n) is 18.0. The molecule has 3 N–H and O–H groups in total. The molecule has 1 amide bonds. The summed E-state index contributed by atoms with van der Waals surface area (Å²) in [6, 6.07) is 16.3. The predicted molar refractivity (Wildman–Crippen MR) is 118 cm³/mol. The summed E-state index contributed by atoms with van der Waals surface area (Å²) in [5, 5.41) is 7.12. The van der Waals surface area contributed by atoms with E-state index in [2.05, 4.69) is 24.3 Å². The molecule has 0 heterocycles. The van der Waals surface area contributed by atoms with E-state index in [0.717, 1.165) is 17.9 Å². The van der Waals surface area contributed by atoms with Crippen molar-refractivity contribution in [3.05, 3.63) is 59.7 Å². The molecule has 1 saturated carbocycles. The molecule has 174 valence electrons. The van der Waals surface area contributed by atoms with Crippen LogP contribution in [0.3, 0.4) is 0 Å². The molecule has 0 unspecified atom stereocenters. The van der Waals surface area contributed by atoms with Crippen LogP contribution < -0.4 is 5.73 Å². The summed E-state index contributed by atoms with van der Waals surface area (Å²) >= 11 is 0. The van der Waals surface area contributed by atoms with E-state index in [1.165, 1.54) is 62.5 Å². The third-order valence-corrected chi connectivity index (χ3v) is 5.72. The molecule has 0 radical (unpaired) electrons. The predicted octanol–water partition coefficient (Wildman–Crippen LogP) is 6.38. The minimum atomic E-state index is -5.08. The van der Waals surface area contributed by atoms with Crippen molar-refractivity contribution in [3.8, 4) is 11.1 Å². The Hall–Kier alpha value is -2.83. The van der Waals surface area contributed by atoms with Gasteiger partial charge in [-0.15, -0.1) is 0 Å². The Balaban J connectivity index is 0.000000451. The number of alkyl halides is 3. The Morgan fingerprint density at radius 2 is 1.56 bits per heavy atom. The summed E-state index contributed by atoms with van der Waals surface area (Å²) in [4.78, 5) is 20.1. The van der Waals surface area contributed by atoms with Crippen molar-refractivity contribution in [1.29, 1.82) is 0 Å². The fourth-order valence-electron chi connectivity index (χ4n) is 3.97. The van der Waals surface area contributed by atoms with E-state index in [-0.39, 0.29) is 5.91 Å². The molecule has 2 aromatic rings. The number of benzene rings is 2. The molecule has 0 atom stereocenters. The highest BCUT2D eigenvalue weighted by atomic mass is 19.4. The van der Waals surface area contributed by atoms with Crippen molar-refractivity contribution in [2.75, 3.05) is 0 Å². The zero-order valence-corrected chi connectivity index (χ0v) is 18.0. The number of primary amides is 1. The van der Waals surface area contributed by atoms with E-state index in [4.69, 9.17) is 15.6 Å². The Bertz CT molecular complexity index is 873. The van der Waals surface area contributed by atoms with Crippen LogP contribution in [0.1, 0.15) is 67.3 Å². The first-order chi connectivity index (χ1) is 15.2. The molecule has 32 heavy (non-hydrogen) atoms. The molecule has 7 heteroatoms. The maximum Gasteiger partial charge on any atom is 0.490 e. The number of hydrogen-bond donors (Lipinski definition) is 2. The minimum absolute atomic E-state index is 0.377. The van der Waals surface area contributed by atoms with Gasteiger partial charge >= 0.3 is 12.1 Å². The number of carboxylic acid groups (broad SMARTS) is 1. The standard InChI is InChI=1S/C23H29NO.C2HF3O2/c24-23(25)21-15-13-20(14-16-21)22-12-6-11-19(17-22)10-5-4-9-18-7-2-1-3-8-18;3-2(4,5)1(6)7/h6,11-18H,1-5,7-10H2,(H2,24,25);(H,6,7). The second kappa shape index (κ2) is 12.3. The van der Waals surface area contributed by atoms with Gasteiger partial charge in [0.05, 0.1) is 0 Å². The van der Waals surface area contributed by atoms with Crippen LogP contribution in [0, 0.1) is 5.92 Å². The van der Waals surface area contributed by atoms with Gasteiger partial charge in [-0.2, -0.15) is 13.2 Å². The fourth-order valence-corrected chi connectivity index (χ4v) is 3.97. The lowest BCUT2D eigenvalue weighted by atomic mass is 9.85. The second-order valence-corrected chi connectivity index (χ2v) is 8.19. The smallest absolute Gasteiger partial charge is 0.475 e. The fraction of sp³-hybridized carbons (Fsp3) is 0.440. The van der Waals surface area contributed by atoms with E-state index in [1.54, 1.807) is 12.1 Å². The number of hydrogen-bond acceptors (Lipinski definition) is 2. The molecule has 0 aromatic heterocycles. The van der Waals surface area contributed by atoms with Crippen LogP contribution in [0.15, 0.2) is 48.5 Å². The monoisotopic (exact) mass is 449 g/mol. The number of carboxylic acids is 1. The van der Waals surface area contributed by atoms with E-state index in [1.807, 2.05) is 12.1 Å². The average molecular weight is 450 g/mol. The van der Waals surface area contributed by atoms with Crippen LogP contribution >= 0.6 is 0 Å². The molecule has 0 spiro atoms. The van der Waals surface area contributed by atoms with Crippen molar-refractivity contribution in [2.24, 2.45) is 11.7 Å². The molecule has 1 fully saturated rings. The van der Waals surface area contributed by atoms with Gasteiger partial charge in [0.2, 0.25) is 5.91 Å². The van der Waals surface area contributed by atoms with Crippen molar-refractivity contribution in [3.63, 3.8) is 0 Å². The summed E-state index contributed by atoms with van der Waals surface area (Å²) in [7, 11) is 0. The molecule has 0 aliphatic heterocycles. The molecule has 1 aliphatic carbocycles. The molecule has 0 saturated heterocycles. The molecular formula is C25H30F3NO3. The quantitative estimate of drug-likeness (QED) is 0.481. The zero-order chi connectivity index (χ0) is 23.6. The maximum absolute atomic E-state index is 11.2. The lowest BCUT2D eigenvalue weighted by molar-refractivity contribution is -0.192. The number of aryl methyl sites for hydroxylation is 1. The Kier molecular flexibility index (Phi) is 9.75. The third kappa shape index (κ3) is 8.73. The van der Waals surface area contributed by atoms with Gasteiger partial charge in [0.15, 0.2) is 0 Å². The lowest BCUT2D eigenvalue weighted by Crippen LogP contribution is -2.21. The van der Waals surface area contributed by atoms with Gasteiger partial charge in [0, 0.05) is 5.56 Å². The number of rotatable bonds is 7. The van der Waals surface area contributed by atoms with Crippen LogP contribution in [0.5, 0.6) is 0 Å². The van der Waals surface area contributed by atoms with Crippen LogP contribution in [0.2, 0.25) is 0 Å². The van der Waals surface area contributed by atoms with E-state index in [0.29, 0.717) is 5.56 Å². The van der Waals surface area contributed by atoms with E-state index >= 15 is 0 Å². The highest BCUT2D eigenvalue weighted by Crippen LogP contribution is 2.28. The van der Waals surface area contributed by atoms with Gasteiger partial charge in [-0.1, -0.05) is 81.3 Å². The first-order valence-corrected chi connectivity index (χ1v) is 11.0. The highest BCUT2D eigenvalue weighted by molar-refractivity contribution is 5.93. The number of nitrogens with two attached hydrogens (primary N) is 1. The second-order valence-electron chi connectivity index (χ2n) is 8.19. The van der Waals surface area contributed by atoms with Crippen molar-refractivity contribution in [2.45, 2.75) is 64.0 Å². The van der Waals surface area contributed by atoms with E-state index in [9.17, 15) is 18.0 Å². The SMILES string of the molecule is NC(=O)c1ccc(-c2cccc(CCCCC3CCCCC3)c2)cc1.O=C(O)C(F)(F)F. The van der Waals surface area contributed by atoms with E-state index < -0.39 is 12.1 Å². The van der Waals surface area contributed by atoms with Crippen LogP contribution in [-0.2, 0) is 11.2 Å². The van der Waals surface area contributed by atoms with Gasteiger partial charge < -0.3 is 10.8 Å². The molecule has 0 bridgehead atoms. The van der Waals surface area contributed by atoms with Crippen LogP contribution in [0.4, 0.5) is 13.2 Å². The lowest BCUT2D eigenvalue weighted by Gasteiger charge is -2.21. The summed E-state index contributed by atoms with van der Waals surface area (Å²) in [5.41, 5.74) is 9.61. The van der Waals surface area contributed by atoms with Crippen molar-refractivity contribution in [1.82, 2.24) is 0 Å². The highest BCUT2D eigenvalue weighted by Gasteiger charge is 2.38. The summed E-state index contributed by atoms with van der Waals surface area (Å²) in [6.45, 7) is 0. The molecule has 3 rings (SSSR count). The molecular weight excluding hydrogens is 419 g/mol. The maximum atomic E-state index is 11.2. The molecule has 4 nitrogen and oxygen atoms in total. The summed E-state index contributed by atoms with van der Waals surface area (Å²) < 4.78 is 31.7. The van der Waals surface area contributed by atoms with Gasteiger partial charge in [-0.05, 0) is 47.6 Å². The van der Waals surface area contributed by atoms with Gasteiger partial charge in [-0.25, -0.2) is 4.79 Å². The topological polar surface area (TPSA) is 80.4 Å². The van der Waals surface area contributed by atoms with Gasteiger partial charge in [-0.3, -0.25) is 4.79 Å². The van der Waals surface area contributed by atoms with Gasteiger partial charge in [0.1, 0.15) is 0 Å². The largest absolute Gasteiger partial charge is 0.490 e. The van der Waals surface area contributed by atoms with Crippen molar-refractivity contribution >= 4 is 11.9 Å². The number of amides is 1. The summed E-state index contributed by atoms with van der Waals surface area (Å²) in [5.74, 6) is -2.14.